The Morgan fingerprint density at radius 2 is 2.32 bits per heavy atom. The van der Waals surface area contributed by atoms with Gasteiger partial charge in [-0.3, -0.25) is 0 Å². The third kappa shape index (κ3) is 3.53. The number of ether oxygens (including phenoxy) is 2. The third-order valence-corrected chi connectivity index (χ3v) is 2.95. The van der Waals surface area contributed by atoms with Gasteiger partial charge < -0.3 is 19.4 Å². The highest BCUT2D eigenvalue weighted by atomic mass is 16.5. The summed E-state index contributed by atoms with van der Waals surface area (Å²) in [4.78, 5) is 4.43. The first kappa shape index (κ1) is 14.0. The van der Waals surface area contributed by atoms with Crippen molar-refractivity contribution in [3.8, 4) is 0 Å². The van der Waals surface area contributed by atoms with Crippen LogP contribution in [0, 0.1) is 0 Å². The Labute approximate surface area is 113 Å². The lowest BCUT2D eigenvalue weighted by molar-refractivity contribution is 0.0904. The molecule has 0 spiro atoms. The molecule has 2 heterocycles. The van der Waals surface area contributed by atoms with Gasteiger partial charge in [-0.1, -0.05) is 0 Å². The molecule has 2 aromatic rings. The summed E-state index contributed by atoms with van der Waals surface area (Å²) in [6, 6.07) is 4.06. The van der Waals surface area contributed by atoms with E-state index in [2.05, 4.69) is 22.6 Å². The van der Waals surface area contributed by atoms with Crippen molar-refractivity contribution in [3.05, 3.63) is 30.1 Å². The molecule has 0 saturated heterocycles. The number of nitrogens with zero attached hydrogens (tertiary/aromatic N) is 2. The van der Waals surface area contributed by atoms with E-state index in [1.807, 2.05) is 23.8 Å². The molecular weight excluding hydrogens is 242 g/mol. The Balaban J connectivity index is 2.13. The summed E-state index contributed by atoms with van der Waals surface area (Å²) >= 11 is 0. The van der Waals surface area contributed by atoms with Crippen LogP contribution >= 0.6 is 0 Å². The van der Waals surface area contributed by atoms with Crippen LogP contribution in [-0.4, -0.2) is 36.4 Å². The van der Waals surface area contributed by atoms with Gasteiger partial charge in [0.05, 0.1) is 6.61 Å². The summed E-state index contributed by atoms with van der Waals surface area (Å²) in [6.45, 7) is 5.61. The van der Waals surface area contributed by atoms with Crippen LogP contribution in [0.2, 0.25) is 0 Å². The Morgan fingerprint density at radius 1 is 1.42 bits per heavy atom. The molecule has 0 fully saturated rings. The van der Waals surface area contributed by atoms with Crippen molar-refractivity contribution in [1.29, 1.82) is 0 Å². The minimum absolute atomic E-state index is 0.544. The average molecular weight is 263 g/mol. The van der Waals surface area contributed by atoms with Crippen molar-refractivity contribution >= 4 is 11.0 Å². The standard InChI is InChI=1S/C14H21N3O2/c1-3-19-11-17-10-12(9-15-7-8-18-2)13-5-4-6-16-14(13)17/h4-6,10,15H,3,7-9,11H2,1-2H3. The summed E-state index contributed by atoms with van der Waals surface area (Å²) in [5, 5.41) is 4.53. The van der Waals surface area contributed by atoms with Gasteiger partial charge in [0.2, 0.25) is 0 Å². The van der Waals surface area contributed by atoms with E-state index >= 15 is 0 Å². The number of pyridine rings is 1. The van der Waals surface area contributed by atoms with Gasteiger partial charge in [0.15, 0.2) is 0 Å². The normalized spacial score (nSPS) is 11.3. The molecule has 0 aliphatic carbocycles. The average Bonchev–Trinajstić information content (AvgIpc) is 2.80. The molecule has 0 amide bonds. The maximum absolute atomic E-state index is 5.47. The number of hydrogen-bond donors (Lipinski definition) is 1. The Morgan fingerprint density at radius 3 is 3.11 bits per heavy atom. The fourth-order valence-electron chi connectivity index (χ4n) is 2.02. The van der Waals surface area contributed by atoms with Gasteiger partial charge in [0, 0.05) is 44.6 Å². The monoisotopic (exact) mass is 263 g/mol. The molecule has 2 aromatic heterocycles. The number of methoxy groups -OCH3 is 1. The van der Waals surface area contributed by atoms with Crippen LogP contribution in [0.3, 0.4) is 0 Å². The summed E-state index contributed by atoms with van der Waals surface area (Å²) in [5.74, 6) is 0. The topological polar surface area (TPSA) is 48.3 Å². The van der Waals surface area contributed by atoms with Crippen molar-refractivity contribution in [1.82, 2.24) is 14.9 Å². The smallest absolute Gasteiger partial charge is 0.142 e. The van der Waals surface area contributed by atoms with Crippen LogP contribution in [0.15, 0.2) is 24.5 Å². The second kappa shape index (κ2) is 7.23. The highest BCUT2D eigenvalue weighted by Crippen LogP contribution is 2.19. The SMILES string of the molecule is CCOCn1cc(CNCCOC)c2cccnc21. The predicted octanol–water partition coefficient (Wildman–Crippen LogP) is 1.77. The van der Waals surface area contributed by atoms with Crippen LogP contribution in [-0.2, 0) is 22.7 Å². The highest BCUT2D eigenvalue weighted by Gasteiger charge is 2.08. The minimum atomic E-state index is 0.544. The van der Waals surface area contributed by atoms with Gasteiger partial charge >= 0.3 is 0 Å². The van der Waals surface area contributed by atoms with Crippen molar-refractivity contribution < 1.29 is 9.47 Å². The largest absolute Gasteiger partial charge is 0.383 e. The quantitative estimate of drug-likeness (QED) is 0.737. The summed E-state index contributed by atoms with van der Waals surface area (Å²) in [6.07, 6.45) is 3.92. The summed E-state index contributed by atoms with van der Waals surface area (Å²) in [5.41, 5.74) is 2.21. The maximum Gasteiger partial charge on any atom is 0.142 e. The maximum atomic E-state index is 5.47. The van der Waals surface area contributed by atoms with Gasteiger partial charge in [-0.2, -0.15) is 0 Å². The molecule has 0 unspecified atom stereocenters. The van der Waals surface area contributed by atoms with Gasteiger partial charge in [0.25, 0.3) is 0 Å². The Kier molecular flexibility index (Phi) is 5.32. The first-order valence-electron chi connectivity index (χ1n) is 6.57. The van der Waals surface area contributed by atoms with Crippen molar-refractivity contribution in [2.45, 2.75) is 20.2 Å². The molecule has 0 radical (unpaired) electrons. The van der Waals surface area contributed by atoms with E-state index in [-0.39, 0.29) is 0 Å². The fourth-order valence-corrected chi connectivity index (χ4v) is 2.02. The molecule has 0 bridgehead atoms. The minimum Gasteiger partial charge on any atom is -0.383 e. The molecular formula is C14H21N3O2. The van der Waals surface area contributed by atoms with Crippen molar-refractivity contribution in [2.75, 3.05) is 26.9 Å². The van der Waals surface area contributed by atoms with E-state index in [0.717, 1.165) is 25.3 Å². The van der Waals surface area contributed by atoms with Gasteiger partial charge in [-0.25, -0.2) is 4.98 Å². The highest BCUT2D eigenvalue weighted by molar-refractivity contribution is 5.80. The van der Waals surface area contributed by atoms with E-state index in [9.17, 15) is 0 Å². The van der Waals surface area contributed by atoms with E-state index in [1.165, 1.54) is 10.9 Å². The lowest BCUT2D eigenvalue weighted by Crippen LogP contribution is -2.18. The molecule has 5 heteroatoms. The Hall–Kier alpha value is -1.43. The number of hydrogen-bond acceptors (Lipinski definition) is 4. The Bertz CT molecular complexity index is 510. The van der Waals surface area contributed by atoms with Crippen LogP contribution in [0.5, 0.6) is 0 Å². The zero-order valence-electron chi connectivity index (χ0n) is 11.6. The van der Waals surface area contributed by atoms with Crippen molar-refractivity contribution in [3.63, 3.8) is 0 Å². The number of nitrogens with one attached hydrogen (secondary N) is 1. The summed E-state index contributed by atoms with van der Waals surface area (Å²) < 4.78 is 12.5. The second-order valence-electron chi connectivity index (χ2n) is 4.29. The summed E-state index contributed by atoms with van der Waals surface area (Å²) in [7, 11) is 1.71. The molecule has 5 nitrogen and oxygen atoms in total. The van der Waals surface area contributed by atoms with Crippen LogP contribution < -0.4 is 5.32 Å². The van der Waals surface area contributed by atoms with Gasteiger partial charge in [-0.05, 0) is 24.6 Å². The number of rotatable bonds is 8. The lowest BCUT2D eigenvalue weighted by atomic mass is 10.2. The first-order chi connectivity index (χ1) is 9.36. The van der Waals surface area contributed by atoms with Gasteiger partial charge in [-0.15, -0.1) is 0 Å². The fraction of sp³-hybridized carbons (Fsp3) is 0.500. The molecule has 104 valence electrons. The molecule has 2 rings (SSSR count). The molecule has 1 N–H and O–H groups in total. The molecule has 0 aliphatic rings. The van der Waals surface area contributed by atoms with E-state index < -0.39 is 0 Å². The zero-order valence-corrected chi connectivity index (χ0v) is 11.6. The van der Waals surface area contributed by atoms with Gasteiger partial charge in [0.1, 0.15) is 12.4 Å². The van der Waals surface area contributed by atoms with Crippen molar-refractivity contribution in [2.24, 2.45) is 0 Å². The molecule has 0 saturated carbocycles. The lowest BCUT2D eigenvalue weighted by Gasteiger charge is -2.03. The van der Waals surface area contributed by atoms with Crippen LogP contribution in [0.4, 0.5) is 0 Å². The molecule has 0 aliphatic heterocycles. The predicted molar refractivity (Wildman–Crippen MR) is 74.9 cm³/mol. The zero-order chi connectivity index (χ0) is 13.5. The first-order valence-corrected chi connectivity index (χ1v) is 6.57. The molecule has 0 aromatic carbocycles. The second-order valence-corrected chi connectivity index (χ2v) is 4.29. The molecule has 19 heavy (non-hydrogen) atoms. The molecule has 0 atom stereocenters. The third-order valence-electron chi connectivity index (χ3n) is 2.95. The van der Waals surface area contributed by atoms with Crippen LogP contribution in [0.25, 0.3) is 11.0 Å². The van der Waals surface area contributed by atoms with E-state index in [1.54, 1.807) is 7.11 Å². The van der Waals surface area contributed by atoms with E-state index in [4.69, 9.17) is 9.47 Å². The van der Waals surface area contributed by atoms with E-state index in [0.29, 0.717) is 13.3 Å². The number of aromatic nitrogens is 2. The van der Waals surface area contributed by atoms with Crippen LogP contribution in [0.1, 0.15) is 12.5 Å². The number of fused-ring (bicyclic) bond motifs is 1.